The molecule has 0 spiro atoms. The minimum absolute atomic E-state index is 0.0154. The Kier molecular flexibility index (Phi) is 11.2. The van der Waals surface area contributed by atoms with Crippen molar-refractivity contribution in [3.05, 3.63) is 101 Å². The van der Waals surface area contributed by atoms with Crippen LogP contribution in [0.4, 0.5) is 22.0 Å². The van der Waals surface area contributed by atoms with Crippen molar-refractivity contribution >= 4 is 40.2 Å². The second-order valence-corrected chi connectivity index (χ2v) is 13.8. The largest absolute Gasteiger partial charge is 0.490 e. The number of halogens is 6. The van der Waals surface area contributed by atoms with Gasteiger partial charge in [0.15, 0.2) is 6.04 Å². The number of rotatable bonds is 10. The third-order valence-electron chi connectivity index (χ3n) is 9.63. The maximum Gasteiger partial charge on any atom is 0.490 e. The highest BCUT2D eigenvalue weighted by atomic mass is 35.5. The van der Waals surface area contributed by atoms with E-state index in [1.54, 1.807) is 42.5 Å². The Morgan fingerprint density at radius 1 is 0.792 bits per heavy atom. The molecule has 2 amide bonds. The molecule has 0 unspecified atom stereocenters. The number of nitrogens with one attached hydrogen (secondary N) is 1. The number of ether oxygens (including phenoxy) is 2. The van der Waals surface area contributed by atoms with Crippen LogP contribution in [0.25, 0.3) is 21.9 Å². The summed E-state index contributed by atoms with van der Waals surface area (Å²) in [5, 5.41) is 3.52. The molecule has 0 aromatic heterocycles. The topological polar surface area (TPSA) is 111 Å². The SMILES string of the molecule is NC1CCN(C(=O)[C@@H](NC(=O)[C@@H](OC(=O)C(F)(F)F)c2ccc3cc(OC4CCCC4)ccc3c2)C(F)(F)c2ccc(-c3ccc(Cl)cc3)cc2)CC1. The number of nitrogens with two attached hydrogens (primary N) is 1. The van der Waals surface area contributed by atoms with Gasteiger partial charge in [0.2, 0.25) is 6.10 Å². The first-order valence-corrected chi connectivity index (χ1v) is 17.6. The molecule has 4 aromatic carbocycles. The van der Waals surface area contributed by atoms with Gasteiger partial charge in [0.05, 0.1) is 6.10 Å². The molecule has 0 radical (unpaired) electrons. The van der Waals surface area contributed by atoms with Crippen molar-refractivity contribution in [1.29, 1.82) is 0 Å². The van der Waals surface area contributed by atoms with Crippen LogP contribution in [0, 0.1) is 0 Å². The molecule has 280 valence electrons. The smallest absolute Gasteiger partial charge is 0.490 e. The van der Waals surface area contributed by atoms with E-state index in [2.05, 4.69) is 4.74 Å². The van der Waals surface area contributed by atoms with E-state index in [0.717, 1.165) is 42.7 Å². The molecule has 1 aliphatic carbocycles. The van der Waals surface area contributed by atoms with E-state index >= 15 is 8.78 Å². The monoisotopic (exact) mass is 757 g/mol. The Morgan fingerprint density at radius 2 is 1.38 bits per heavy atom. The number of carbonyl (C=O) groups is 3. The number of fused-ring (bicyclic) bond motifs is 1. The second kappa shape index (κ2) is 15.7. The minimum Gasteiger partial charge on any atom is -0.490 e. The molecule has 6 rings (SSSR count). The van der Waals surface area contributed by atoms with Gasteiger partial charge in [-0.2, -0.15) is 22.0 Å². The zero-order chi connectivity index (χ0) is 37.9. The second-order valence-electron chi connectivity index (χ2n) is 13.4. The molecule has 4 aromatic rings. The Morgan fingerprint density at radius 3 is 2.00 bits per heavy atom. The maximum atomic E-state index is 16.6. The fraction of sp³-hybridized carbons (Fsp3) is 0.359. The molecule has 2 fully saturated rings. The van der Waals surface area contributed by atoms with Crippen molar-refractivity contribution in [2.24, 2.45) is 5.73 Å². The molecular weight excluding hydrogens is 721 g/mol. The summed E-state index contributed by atoms with van der Waals surface area (Å²) in [4.78, 5) is 41.0. The van der Waals surface area contributed by atoms with E-state index in [0.29, 0.717) is 45.5 Å². The Hall–Kier alpha value is -4.75. The van der Waals surface area contributed by atoms with Crippen LogP contribution in [0.1, 0.15) is 55.8 Å². The van der Waals surface area contributed by atoms with Gasteiger partial charge < -0.3 is 25.4 Å². The molecule has 1 saturated carbocycles. The van der Waals surface area contributed by atoms with Crippen molar-refractivity contribution in [1.82, 2.24) is 10.2 Å². The van der Waals surface area contributed by atoms with Crippen LogP contribution in [0.2, 0.25) is 5.02 Å². The number of amides is 2. The number of esters is 1. The van der Waals surface area contributed by atoms with Crippen molar-refractivity contribution < 1.29 is 45.8 Å². The fourth-order valence-corrected chi connectivity index (χ4v) is 6.77. The number of hydrogen-bond acceptors (Lipinski definition) is 6. The summed E-state index contributed by atoms with van der Waals surface area (Å²) < 4.78 is 84.3. The van der Waals surface area contributed by atoms with Crippen molar-refractivity contribution in [2.45, 2.75) is 74.9 Å². The molecule has 14 heteroatoms. The maximum absolute atomic E-state index is 16.6. The lowest BCUT2D eigenvalue weighted by Crippen LogP contribution is -2.58. The third-order valence-corrected chi connectivity index (χ3v) is 9.88. The standard InChI is InChI=1S/C39H37ClF5N3O5/c40-29-14-9-24(10-15-29)23-7-12-28(13-8-23)38(41,42)34(36(50)48-19-17-30(46)18-20-48)47-35(49)33(53-37(51)39(43,44)45)27-6-5-26-22-32(16-11-25(26)21-27)52-31-3-1-2-4-31/h5-16,21-22,30-31,33-34H,1-4,17-20,46H2,(H,47,49)/t33-,34+/m0/s1. The van der Waals surface area contributed by atoms with Gasteiger partial charge in [-0.3, -0.25) is 9.59 Å². The summed E-state index contributed by atoms with van der Waals surface area (Å²) in [5.74, 6) is -8.93. The summed E-state index contributed by atoms with van der Waals surface area (Å²) >= 11 is 5.97. The van der Waals surface area contributed by atoms with Crippen molar-refractivity contribution in [3.8, 4) is 16.9 Å². The molecular formula is C39H37ClF5N3O5. The quantitative estimate of drug-likeness (QED) is 0.126. The highest BCUT2D eigenvalue weighted by molar-refractivity contribution is 6.30. The van der Waals surface area contributed by atoms with Crippen LogP contribution in [-0.4, -0.2) is 60.1 Å². The molecule has 1 heterocycles. The first-order valence-electron chi connectivity index (χ1n) is 17.3. The average molecular weight is 758 g/mol. The minimum atomic E-state index is -5.51. The highest BCUT2D eigenvalue weighted by Gasteiger charge is 2.50. The summed E-state index contributed by atoms with van der Waals surface area (Å²) in [7, 11) is 0. The molecule has 0 bridgehead atoms. The Bertz CT molecular complexity index is 1940. The van der Waals surface area contributed by atoms with Gasteiger partial charge in [-0.1, -0.05) is 66.2 Å². The van der Waals surface area contributed by atoms with Gasteiger partial charge >= 0.3 is 18.1 Å². The van der Waals surface area contributed by atoms with E-state index in [9.17, 15) is 27.6 Å². The summed E-state index contributed by atoms with van der Waals surface area (Å²) in [5.41, 5.74) is 6.32. The van der Waals surface area contributed by atoms with Gasteiger partial charge in [-0.25, -0.2) is 4.79 Å². The van der Waals surface area contributed by atoms with Crippen LogP contribution in [0.5, 0.6) is 5.75 Å². The van der Waals surface area contributed by atoms with Gasteiger partial charge in [-0.15, -0.1) is 0 Å². The first-order chi connectivity index (χ1) is 25.2. The van der Waals surface area contributed by atoms with Crippen LogP contribution in [0.3, 0.4) is 0 Å². The molecule has 8 nitrogen and oxygen atoms in total. The van der Waals surface area contributed by atoms with Gasteiger partial charge in [0, 0.05) is 35.3 Å². The van der Waals surface area contributed by atoms with Crippen LogP contribution < -0.4 is 15.8 Å². The molecule has 2 atom stereocenters. The van der Waals surface area contributed by atoms with E-state index in [1.165, 1.54) is 30.3 Å². The number of carbonyl (C=O) groups excluding carboxylic acids is 3. The van der Waals surface area contributed by atoms with Crippen LogP contribution >= 0.6 is 11.6 Å². The summed E-state index contributed by atoms with van der Waals surface area (Å²) in [6.07, 6.45) is -3.23. The molecule has 3 N–H and O–H groups in total. The normalized spacial score (nSPS) is 17.0. The number of alkyl halides is 5. The molecule has 1 aliphatic heterocycles. The van der Waals surface area contributed by atoms with E-state index in [4.69, 9.17) is 22.1 Å². The predicted octanol–water partition coefficient (Wildman–Crippen LogP) is 7.85. The average Bonchev–Trinajstić information content (AvgIpc) is 3.65. The zero-order valence-electron chi connectivity index (χ0n) is 28.4. The van der Waals surface area contributed by atoms with E-state index in [1.807, 2.05) is 5.32 Å². The molecule has 53 heavy (non-hydrogen) atoms. The highest BCUT2D eigenvalue weighted by Crippen LogP contribution is 2.36. The Labute approximate surface area is 307 Å². The third kappa shape index (κ3) is 8.90. The van der Waals surface area contributed by atoms with Crippen LogP contribution in [-0.2, 0) is 25.0 Å². The number of likely N-dealkylation sites (tertiary alicyclic amines) is 1. The number of nitrogens with zero attached hydrogens (tertiary/aromatic N) is 1. The summed E-state index contributed by atoms with van der Waals surface area (Å²) in [6, 6.07) is 17.9. The fourth-order valence-electron chi connectivity index (χ4n) is 6.65. The van der Waals surface area contributed by atoms with Crippen LogP contribution in [0.15, 0.2) is 84.9 Å². The first kappa shape index (κ1) is 38.0. The van der Waals surface area contributed by atoms with Crippen molar-refractivity contribution in [3.63, 3.8) is 0 Å². The van der Waals surface area contributed by atoms with Crippen molar-refractivity contribution in [2.75, 3.05) is 13.1 Å². The van der Waals surface area contributed by atoms with Gasteiger partial charge in [-0.05, 0) is 90.8 Å². The number of piperidine rings is 1. The van der Waals surface area contributed by atoms with Gasteiger partial charge in [0.25, 0.3) is 11.8 Å². The van der Waals surface area contributed by atoms with E-state index < -0.39 is 47.6 Å². The number of benzene rings is 4. The molecule has 2 aliphatic rings. The van der Waals surface area contributed by atoms with E-state index in [-0.39, 0.29) is 30.8 Å². The lowest BCUT2D eigenvalue weighted by Gasteiger charge is -2.36. The summed E-state index contributed by atoms with van der Waals surface area (Å²) in [6.45, 7) is 0.0309. The Balaban J connectivity index is 1.32. The number of hydrogen-bond donors (Lipinski definition) is 2. The lowest BCUT2D eigenvalue weighted by atomic mass is 9.95. The van der Waals surface area contributed by atoms with Gasteiger partial charge in [0.1, 0.15) is 5.75 Å². The zero-order valence-corrected chi connectivity index (χ0v) is 29.1. The lowest BCUT2D eigenvalue weighted by molar-refractivity contribution is -0.206. The molecule has 1 saturated heterocycles. The predicted molar refractivity (Wildman–Crippen MR) is 188 cm³/mol.